The van der Waals surface area contributed by atoms with Crippen LogP contribution in [0.1, 0.15) is 28.2 Å². The lowest BCUT2D eigenvalue weighted by molar-refractivity contribution is 0.0720. The Balaban J connectivity index is 0.00000196. The highest BCUT2D eigenvalue weighted by Gasteiger charge is 2.24. The van der Waals surface area contributed by atoms with Crippen LogP contribution in [0.15, 0.2) is 30.3 Å². The largest absolute Gasteiger partial charge is 0.338 e. The molecule has 0 bridgehead atoms. The number of fused-ring (bicyclic) bond motifs is 1. The second kappa shape index (κ2) is 7.34. The SMILES string of the molecule is Cc1nn(-c2ccc(F)cc2)c2sc(C(=O)N3CCC(N)CC3)cc12.Cl. The van der Waals surface area contributed by atoms with E-state index in [4.69, 9.17) is 5.73 Å². The minimum Gasteiger partial charge on any atom is -0.338 e. The molecule has 1 saturated heterocycles. The van der Waals surface area contributed by atoms with Gasteiger partial charge in [0.2, 0.25) is 0 Å². The number of likely N-dealkylation sites (tertiary alicyclic amines) is 1. The van der Waals surface area contributed by atoms with Gasteiger partial charge in [0.1, 0.15) is 10.6 Å². The Morgan fingerprint density at radius 3 is 2.58 bits per heavy atom. The molecule has 2 N–H and O–H groups in total. The summed E-state index contributed by atoms with van der Waals surface area (Å²) in [5.41, 5.74) is 7.56. The average molecular weight is 395 g/mol. The van der Waals surface area contributed by atoms with Gasteiger partial charge in [0.05, 0.1) is 16.3 Å². The number of amides is 1. The zero-order valence-corrected chi connectivity index (χ0v) is 15.9. The maximum atomic E-state index is 13.2. The number of carbonyl (C=O) groups excluding carboxylic acids is 1. The summed E-state index contributed by atoms with van der Waals surface area (Å²) in [7, 11) is 0. The predicted molar refractivity (Wildman–Crippen MR) is 104 cm³/mol. The second-order valence-corrected chi connectivity index (χ2v) is 7.46. The minimum atomic E-state index is -0.283. The Bertz CT molecular complexity index is 929. The van der Waals surface area contributed by atoms with E-state index in [1.165, 1.54) is 23.5 Å². The Kier molecular flexibility index (Phi) is 5.32. The van der Waals surface area contributed by atoms with E-state index in [0.717, 1.165) is 34.4 Å². The van der Waals surface area contributed by atoms with Gasteiger partial charge in [-0.05, 0) is 50.1 Å². The van der Waals surface area contributed by atoms with Crippen molar-refractivity contribution in [2.75, 3.05) is 13.1 Å². The molecule has 1 aliphatic rings. The molecule has 0 aliphatic carbocycles. The van der Waals surface area contributed by atoms with Crippen molar-refractivity contribution in [2.24, 2.45) is 5.73 Å². The standard InChI is InChI=1S/C18H19FN4OS.ClH/c1-11-15-10-16(17(24)22-8-6-13(20)7-9-22)25-18(15)23(21-11)14-4-2-12(19)3-5-14;/h2-5,10,13H,6-9,20H2,1H3;1H. The summed E-state index contributed by atoms with van der Waals surface area (Å²) in [5, 5.41) is 5.50. The number of nitrogens with zero attached hydrogens (tertiary/aromatic N) is 3. The van der Waals surface area contributed by atoms with Crippen molar-refractivity contribution in [3.8, 4) is 5.69 Å². The zero-order chi connectivity index (χ0) is 17.6. The Morgan fingerprint density at radius 2 is 1.92 bits per heavy atom. The fourth-order valence-corrected chi connectivity index (χ4v) is 4.32. The van der Waals surface area contributed by atoms with Gasteiger partial charge in [-0.2, -0.15) is 5.10 Å². The monoisotopic (exact) mass is 394 g/mol. The molecule has 3 heterocycles. The number of carbonyl (C=O) groups is 1. The van der Waals surface area contributed by atoms with Crippen LogP contribution in [-0.2, 0) is 0 Å². The molecule has 3 aromatic rings. The van der Waals surface area contributed by atoms with Crippen LogP contribution in [0, 0.1) is 12.7 Å². The van der Waals surface area contributed by atoms with E-state index in [9.17, 15) is 9.18 Å². The first-order valence-corrected chi connectivity index (χ1v) is 9.14. The summed E-state index contributed by atoms with van der Waals surface area (Å²) in [6, 6.07) is 8.31. The first kappa shape index (κ1) is 18.8. The van der Waals surface area contributed by atoms with Gasteiger partial charge in [0.15, 0.2) is 0 Å². The fraction of sp³-hybridized carbons (Fsp3) is 0.333. The number of benzene rings is 1. The van der Waals surface area contributed by atoms with Crippen LogP contribution in [-0.4, -0.2) is 39.7 Å². The predicted octanol–water partition coefficient (Wildman–Crippen LogP) is 3.52. The molecule has 1 aromatic carbocycles. The van der Waals surface area contributed by atoms with E-state index in [1.807, 2.05) is 17.9 Å². The van der Waals surface area contributed by atoms with Gasteiger partial charge in [0.25, 0.3) is 5.91 Å². The van der Waals surface area contributed by atoms with Gasteiger partial charge in [0, 0.05) is 24.5 Å². The van der Waals surface area contributed by atoms with Crippen LogP contribution in [0.4, 0.5) is 4.39 Å². The van der Waals surface area contributed by atoms with Crippen molar-refractivity contribution in [1.29, 1.82) is 0 Å². The van der Waals surface area contributed by atoms with Crippen molar-refractivity contribution in [3.05, 3.63) is 46.7 Å². The normalized spacial score (nSPS) is 15.3. The molecule has 4 rings (SSSR count). The third-order valence-corrected chi connectivity index (χ3v) is 5.75. The van der Waals surface area contributed by atoms with Crippen molar-refractivity contribution in [1.82, 2.24) is 14.7 Å². The van der Waals surface area contributed by atoms with Gasteiger partial charge in [-0.3, -0.25) is 4.79 Å². The number of thiophene rings is 1. The third-order valence-electron chi connectivity index (χ3n) is 4.65. The first-order chi connectivity index (χ1) is 12.0. The molecule has 5 nitrogen and oxygen atoms in total. The van der Waals surface area contributed by atoms with Crippen molar-refractivity contribution in [2.45, 2.75) is 25.8 Å². The molecule has 8 heteroatoms. The minimum absolute atomic E-state index is 0. The third kappa shape index (κ3) is 3.34. The van der Waals surface area contributed by atoms with Gasteiger partial charge < -0.3 is 10.6 Å². The molecule has 0 atom stereocenters. The lowest BCUT2D eigenvalue weighted by Crippen LogP contribution is -2.42. The number of hydrogen-bond acceptors (Lipinski definition) is 4. The van der Waals surface area contributed by atoms with E-state index >= 15 is 0 Å². The quantitative estimate of drug-likeness (QED) is 0.723. The summed E-state index contributed by atoms with van der Waals surface area (Å²) in [6.45, 7) is 3.33. The summed E-state index contributed by atoms with van der Waals surface area (Å²) in [4.78, 5) is 16.3. The van der Waals surface area contributed by atoms with Gasteiger partial charge in [-0.1, -0.05) is 0 Å². The first-order valence-electron chi connectivity index (χ1n) is 8.33. The Morgan fingerprint density at radius 1 is 1.27 bits per heavy atom. The smallest absolute Gasteiger partial charge is 0.264 e. The van der Waals surface area contributed by atoms with E-state index in [-0.39, 0.29) is 30.2 Å². The number of rotatable bonds is 2. The van der Waals surface area contributed by atoms with Crippen molar-refractivity contribution < 1.29 is 9.18 Å². The maximum absolute atomic E-state index is 13.2. The second-order valence-electron chi connectivity index (χ2n) is 6.43. The van der Waals surface area contributed by atoms with E-state index in [0.29, 0.717) is 18.0 Å². The maximum Gasteiger partial charge on any atom is 0.264 e. The van der Waals surface area contributed by atoms with Gasteiger partial charge in [-0.15, -0.1) is 23.7 Å². The summed E-state index contributed by atoms with van der Waals surface area (Å²) >= 11 is 1.43. The number of halogens is 2. The number of hydrogen-bond donors (Lipinski definition) is 1. The van der Waals surface area contributed by atoms with Crippen LogP contribution >= 0.6 is 23.7 Å². The van der Waals surface area contributed by atoms with Gasteiger partial charge >= 0.3 is 0 Å². The molecule has 0 spiro atoms. The van der Waals surface area contributed by atoms with Crippen molar-refractivity contribution >= 4 is 39.9 Å². The van der Waals surface area contributed by atoms with Crippen LogP contribution in [0.25, 0.3) is 15.9 Å². The van der Waals surface area contributed by atoms with E-state index < -0.39 is 0 Å². The van der Waals surface area contributed by atoms with E-state index in [2.05, 4.69) is 5.10 Å². The molecule has 2 aromatic heterocycles. The molecular weight excluding hydrogens is 375 g/mol. The molecule has 1 amide bonds. The highest BCUT2D eigenvalue weighted by Crippen LogP contribution is 2.31. The Hall–Kier alpha value is -1.96. The number of aryl methyl sites for hydroxylation is 1. The lowest BCUT2D eigenvalue weighted by atomic mass is 10.1. The van der Waals surface area contributed by atoms with Crippen LogP contribution in [0.3, 0.4) is 0 Å². The highest BCUT2D eigenvalue weighted by atomic mass is 35.5. The number of piperidine rings is 1. The highest BCUT2D eigenvalue weighted by molar-refractivity contribution is 7.20. The van der Waals surface area contributed by atoms with Gasteiger partial charge in [-0.25, -0.2) is 9.07 Å². The van der Waals surface area contributed by atoms with Crippen LogP contribution in [0.2, 0.25) is 0 Å². The number of aromatic nitrogens is 2. The zero-order valence-electron chi connectivity index (χ0n) is 14.3. The van der Waals surface area contributed by atoms with E-state index in [1.54, 1.807) is 16.8 Å². The molecule has 1 fully saturated rings. The fourth-order valence-electron chi connectivity index (χ4n) is 3.17. The molecule has 0 unspecified atom stereocenters. The topological polar surface area (TPSA) is 64.2 Å². The van der Waals surface area contributed by atoms with Crippen molar-refractivity contribution in [3.63, 3.8) is 0 Å². The molecule has 26 heavy (non-hydrogen) atoms. The summed E-state index contributed by atoms with van der Waals surface area (Å²) < 4.78 is 15.0. The Labute approximate surface area is 161 Å². The molecule has 138 valence electrons. The summed E-state index contributed by atoms with van der Waals surface area (Å²) in [6.07, 6.45) is 1.69. The molecular formula is C18H20ClFN4OS. The van der Waals surface area contributed by atoms with Crippen LogP contribution in [0.5, 0.6) is 0 Å². The lowest BCUT2D eigenvalue weighted by Gasteiger charge is -2.29. The van der Waals surface area contributed by atoms with Crippen LogP contribution < -0.4 is 5.73 Å². The molecule has 1 aliphatic heterocycles. The summed E-state index contributed by atoms with van der Waals surface area (Å²) in [5.74, 6) is -0.229. The molecule has 0 saturated carbocycles. The molecule has 0 radical (unpaired) electrons. The number of nitrogens with two attached hydrogens (primary N) is 1. The average Bonchev–Trinajstić information content (AvgIpc) is 3.17.